The van der Waals surface area contributed by atoms with Crippen LogP contribution in [0, 0.1) is 0 Å². The zero-order valence-corrected chi connectivity index (χ0v) is 10.3. The standard InChI is InChI=1S/C12H13ClN2O2/c1-8(16)15-11(12(17)14-2)7-9-4-3-5-10(13)6-9/h3-7H,1-2H3,(H,14,17)(H,15,16)/b11-7+. The van der Waals surface area contributed by atoms with Gasteiger partial charge in [0.05, 0.1) is 0 Å². The van der Waals surface area contributed by atoms with Crippen molar-refractivity contribution >= 4 is 29.5 Å². The fraction of sp³-hybridized carbons (Fsp3) is 0.167. The highest BCUT2D eigenvalue weighted by molar-refractivity contribution is 6.30. The summed E-state index contributed by atoms with van der Waals surface area (Å²) in [4.78, 5) is 22.5. The highest BCUT2D eigenvalue weighted by atomic mass is 35.5. The van der Waals surface area contributed by atoms with Crippen LogP contribution in [0.4, 0.5) is 0 Å². The van der Waals surface area contributed by atoms with Crippen LogP contribution < -0.4 is 10.6 Å². The lowest BCUT2D eigenvalue weighted by Gasteiger charge is -2.06. The highest BCUT2D eigenvalue weighted by Crippen LogP contribution is 2.13. The lowest BCUT2D eigenvalue weighted by atomic mass is 10.2. The Kier molecular flexibility index (Phi) is 4.72. The number of likely N-dealkylation sites (N-methyl/N-ethyl adjacent to an activating group) is 1. The molecule has 0 unspecified atom stereocenters. The van der Waals surface area contributed by atoms with E-state index in [4.69, 9.17) is 11.6 Å². The topological polar surface area (TPSA) is 58.2 Å². The molecule has 1 aromatic rings. The lowest BCUT2D eigenvalue weighted by Crippen LogP contribution is -2.31. The van der Waals surface area contributed by atoms with Gasteiger partial charge in [0.2, 0.25) is 5.91 Å². The summed E-state index contributed by atoms with van der Waals surface area (Å²) in [5.41, 5.74) is 0.923. The van der Waals surface area contributed by atoms with Crippen molar-refractivity contribution in [2.75, 3.05) is 7.05 Å². The molecule has 0 spiro atoms. The minimum Gasteiger partial charge on any atom is -0.354 e. The third-order valence-electron chi connectivity index (χ3n) is 1.94. The van der Waals surface area contributed by atoms with Gasteiger partial charge in [0.25, 0.3) is 5.91 Å². The monoisotopic (exact) mass is 252 g/mol. The van der Waals surface area contributed by atoms with E-state index in [0.717, 1.165) is 5.56 Å². The van der Waals surface area contributed by atoms with E-state index in [-0.39, 0.29) is 17.5 Å². The van der Waals surface area contributed by atoms with Gasteiger partial charge in [0, 0.05) is 19.0 Å². The molecule has 2 N–H and O–H groups in total. The number of carbonyl (C=O) groups excluding carboxylic acids is 2. The Bertz CT molecular complexity index is 469. The fourth-order valence-corrected chi connectivity index (χ4v) is 1.44. The third-order valence-corrected chi connectivity index (χ3v) is 2.18. The molecule has 0 aliphatic rings. The van der Waals surface area contributed by atoms with E-state index in [9.17, 15) is 9.59 Å². The molecular weight excluding hydrogens is 240 g/mol. The minimum atomic E-state index is -0.361. The van der Waals surface area contributed by atoms with E-state index in [0.29, 0.717) is 5.02 Å². The molecule has 90 valence electrons. The summed E-state index contributed by atoms with van der Waals surface area (Å²) >= 11 is 5.83. The van der Waals surface area contributed by atoms with E-state index in [2.05, 4.69) is 10.6 Å². The average Bonchev–Trinajstić information content (AvgIpc) is 2.26. The molecule has 1 rings (SSSR count). The Labute approximate surface area is 105 Å². The molecular formula is C12H13ClN2O2. The summed E-state index contributed by atoms with van der Waals surface area (Å²) in [7, 11) is 1.50. The molecule has 0 radical (unpaired) electrons. The van der Waals surface area contributed by atoms with Gasteiger partial charge in [-0.2, -0.15) is 0 Å². The van der Waals surface area contributed by atoms with Gasteiger partial charge in [0.15, 0.2) is 0 Å². The summed E-state index contributed by atoms with van der Waals surface area (Å²) in [6, 6.07) is 6.99. The number of hydrogen-bond acceptors (Lipinski definition) is 2. The van der Waals surface area contributed by atoms with E-state index in [1.807, 2.05) is 0 Å². The first-order valence-electron chi connectivity index (χ1n) is 5.00. The summed E-state index contributed by atoms with van der Waals surface area (Å²) in [5.74, 6) is -0.665. The quantitative estimate of drug-likeness (QED) is 0.803. The maximum Gasteiger partial charge on any atom is 0.267 e. The van der Waals surface area contributed by atoms with Crippen LogP contribution >= 0.6 is 11.6 Å². The summed E-state index contributed by atoms with van der Waals surface area (Å²) in [5, 5.41) is 5.48. The Morgan fingerprint density at radius 2 is 2.06 bits per heavy atom. The normalized spacial score (nSPS) is 10.9. The van der Waals surface area contributed by atoms with Crippen molar-refractivity contribution < 1.29 is 9.59 Å². The van der Waals surface area contributed by atoms with Gasteiger partial charge in [0.1, 0.15) is 5.70 Å². The number of hydrogen-bond donors (Lipinski definition) is 2. The van der Waals surface area contributed by atoms with Gasteiger partial charge < -0.3 is 10.6 Å². The van der Waals surface area contributed by atoms with Crippen LogP contribution in [0.3, 0.4) is 0 Å². The fourth-order valence-electron chi connectivity index (χ4n) is 1.25. The van der Waals surface area contributed by atoms with Gasteiger partial charge in [-0.1, -0.05) is 23.7 Å². The number of benzene rings is 1. The van der Waals surface area contributed by atoms with E-state index < -0.39 is 0 Å². The largest absolute Gasteiger partial charge is 0.354 e. The summed E-state index contributed by atoms with van der Waals surface area (Å²) < 4.78 is 0. The van der Waals surface area contributed by atoms with Crippen molar-refractivity contribution in [3.8, 4) is 0 Å². The smallest absolute Gasteiger partial charge is 0.267 e. The second kappa shape index (κ2) is 6.06. The van der Waals surface area contributed by atoms with Crippen LogP contribution in [0.5, 0.6) is 0 Å². The molecule has 0 heterocycles. The molecule has 17 heavy (non-hydrogen) atoms. The van der Waals surface area contributed by atoms with Gasteiger partial charge in [-0.25, -0.2) is 0 Å². The second-order valence-corrected chi connectivity index (χ2v) is 3.81. The summed E-state index contributed by atoms with van der Waals surface area (Å²) in [6.45, 7) is 1.34. The van der Waals surface area contributed by atoms with Gasteiger partial charge in [-0.15, -0.1) is 0 Å². The first-order chi connectivity index (χ1) is 8.02. The molecule has 0 aromatic heterocycles. The van der Waals surface area contributed by atoms with Crippen LogP contribution in [0.2, 0.25) is 5.02 Å². The van der Waals surface area contributed by atoms with E-state index >= 15 is 0 Å². The number of rotatable bonds is 3. The molecule has 0 atom stereocenters. The number of carbonyl (C=O) groups is 2. The molecule has 0 aliphatic carbocycles. The Hall–Kier alpha value is -1.81. The van der Waals surface area contributed by atoms with Crippen molar-refractivity contribution in [3.05, 3.63) is 40.5 Å². The Balaban J connectivity index is 3.04. The van der Waals surface area contributed by atoms with Gasteiger partial charge in [-0.3, -0.25) is 9.59 Å². The maximum atomic E-state index is 11.5. The van der Waals surface area contributed by atoms with Crippen LogP contribution in [-0.4, -0.2) is 18.9 Å². The third kappa shape index (κ3) is 4.28. The molecule has 1 aromatic carbocycles. The van der Waals surface area contributed by atoms with Crippen molar-refractivity contribution in [2.24, 2.45) is 0 Å². The van der Waals surface area contributed by atoms with Crippen LogP contribution in [-0.2, 0) is 9.59 Å². The summed E-state index contributed by atoms with van der Waals surface area (Å²) in [6.07, 6.45) is 1.56. The Morgan fingerprint density at radius 1 is 1.35 bits per heavy atom. The second-order valence-electron chi connectivity index (χ2n) is 3.37. The van der Waals surface area contributed by atoms with Gasteiger partial charge >= 0.3 is 0 Å². The zero-order chi connectivity index (χ0) is 12.8. The van der Waals surface area contributed by atoms with Crippen LogP contribution in [0.25, 0.3) is 6.08 Å². The zero-order valence-electron chi connectivity index (χ0n) is 9.58. The van der Waals surface area contributed by atoms with E-state index in [1.165, 1.54) is 14.0 Å². The van der Waals surface area contributed by atoms with Gasteiger partial charge in [-0.05, 0) is 23.8 Å². The molecule has 0 fully saturated rings. The number of halogens is 1. The first-order valence-corrected chi connectivity index (χ1v) is 5.37. The lowest BCUT2D eigenvalue weighted by molar-refractivity contribution is -0.122. The molecule has 0 aliphatic heterocycles. The molecule has 5 heteroatoms. The van der Waals surface area contributed by atoms with Crippen LogP contribution in [0.15, 0.2) is 30.0 Å². The number of amides is 2. The molecule has 4 nitrogen and oxygen atoms in total. The van der Waals surface area contributed by atoms with Crippen molar-refractivity contribution in [1.29, 1.82) is 0 Å². The molecule has 0 bridgehead atoms. The van der Waals surface area contributed by atoms with Crippen molar-refractivity contribution in [3.63, 3.8) is 0 Å². The SMILES string of the molecule is CNC(=O)/C(=C\c1cccc(Cl)c1)NC(C)=O. The minimum absolute atomic E-state index is 0.183. The Morgan fingerprint density at radius 3 is 2.59 bits per heavy atom. The predicted molar refractivity (Wildman–Crippen MR) is 67.3 cm³/mol. The maximum absolute atomic E-state index is 11.5. The first kappa shape index (κ1) is 13.3. The molecule has 0 saturated heterocycles. The van der Waals surface area contributed by atoms with Crippen LogP contribution in [0.1, 0.15) is 12.5 Å². The number of nitrogens with one attached hydrogen (secondary N) is 2. The average molecular weight is 253 g/mol. The molecule has 2 amide bonds. The highest BCUT2D eigenvalue weighted by Gasteiger charge is 2.08. The predicted octanol–water partition coefficient (Wildman–Crippen LogP) is 1.56. The van der Waals surface area contributed by atoms with Crippen molar-refractivity contribution in [1.82, 2.24) is 10.6 Å². The van der Waals surface area contributed by atoms with Crippen molar-refractivity contribution in [2.45, 2.75) is 6.92 Å². The van der Waals surface area contributed by atoms with E-state index in [1.54, 1.807) is 30.3 Å². The molecule has 0 saturated carbocycles.